The van der Waals surface area contributed by atoms with Crippen LogP contribution in [0.1, 0.15) is 12.5 Å². The van der Waals surface area contributed by atoms with E-state index in [4.69, 9.17) is 0 Å². The number of amides is 2. The number of benzene rings is 1. The van der Waals surface area contributed by atoms with Crippen molar-refractivity contribution in [2.24, 2.45) is 0 Å². The number of rotatable bonds is 4. The zero-order valence-corrected chi connectivity index (χ0v) is 12.6. The Morgan fingerprint density at radius 3 is 2.70 bits per heavy atom. The van der Waals surface area contributed by atoms with Crippen molar-refractivity contribution in [2.75, 3.05) is 11.9 Å². The third-order valence-electron chi connectivity index (χ3n) is 3.53. The zero-order valence-electron chi connectivity index (χ0n) is 12.6. The average Bonchev–Trinajstić information content (AvgIpc) is 2.97. The van der Waals surface area contributed by atoms with Gasteiger partial charge in [-0.1, -0.05) is 36.4 Å². The molecule has 1 atom stereocenters. The Kier molecular flexibility index (Phi) is 3.94. The summed E-state index contributed by atoms with van der Waals surface area (Å²) in [5.41, 5.74) is 0.207. The summed E-state index contributed by atoms with van der Waals surface area (Å²) in [4.78, 5) is 12.0. The van der Waals surface area contributed by atoms with E-state index in [0.717, 1.165) is 5.56 Å². The minimum absolute atomic E-state index is 0.0690. The van der Waals surface area contributed by atoms with Gasteiger partial charge in [-0.2, -0.15) is 0 Å². The SMILES string of the molecule is CC(O)(CNC(=O)Nc1nnc2ccccn12)c1ccccc1. The van der Waals surface area contributed by atoms with Gasteiger partial charge in [-0.25, -0.2) is 4.79 Å². The van der Waals surface area contributed by atoms with Crippen molar-refractivity contribution < 1.29 is 9.90 Å². The maximum atomic E-state index is 12.0. The van der Waals surface area contributed by atoms with Crippen LogP contribution in [-0.4, -0.2) is 32.3 Å². The van der Waals surface area contributed by atoms with Gasteiger partial charge in [0.1, 0.15) is 5.60 Å². The fourth-order valence-electron chi connectivity index (χ4n) is 2.22. The molecule has 0 aliphatic carbocycles. The van der Waals surface area contributed by atoms with Gasteiger partial charge in [0, 0.05) is 6.20 Å². The smallest absolute Gasteiger partial charge is 0.321 e. The van der Waals surface area contributed by atoms with E-state index in [1.54, 1.807) is 23.6 Å². The third kappa shape index (κ3) is 3.29. The molecule has 2 aromatic heterocycles. The second-order valence-corrected chi connectivity index (χ2v) is 5.40. The number of hydrogen-bond donors (Lipinski definition) is 3. The third-order valence-corrected chi connectivity index (χ3v) is 3.53. The lowest BCUT2D eigenvalue weighted by molar-refractivity contribution is 0.0599. The van der Waals surface area contributed by atoms with Crippen LogP contribution >= 0.6 is 0 Å². The van der Waals surface area contributed by atoms with Crippen molar-refractivity contribution >= 4 is 17.6 Å². The molecule has 0 aliphatic heterocycles. The van der Waals surface area contributed by atoms with Crippen LogP contribution in [-0.2, 0) is 5.60 Å². The van der Waals surface area contributed by atoms with Crippen LogP contribution < -0.4 is 10.6 Å². The van der Waals surface area contributed by atoms with Gasteiger partial charge < -0.3 is 10.4 Å². The van der Waals surface area contributed by atoms with Gasteiger partial charge in [0.15, 0.2) is 5.65 Å². The molecule has 0 radical (unpaired) electrons. The predicted octanol–water partition coefficient (Wildman–Crippen LogP) is 1.76. The van der Waals surface area contributed by atoms with Gasteiger partial charge in [-0.15, -0.1) is 10.2 Å². The van der Waals surface area contributed by atoms with Crippen LogP contribution in [0.2, 0.25) is 0 Å². The normalized spacial score (nSPS) is 13.5. The van der Waals surface area contributed by atoms with Gasteiger partial charge in [-0.3, -0.25) is 9.72 Å². The quantitative estimate of drug-likeness (QED) is 0.684. The Morgan fingerprint density at radius 2 is 1.91 bits per heavy atom. The maximum Gasteiger partial charge on any atom is 0.321 e. The molecular weight excluding hydrogens is 294 g/mol. The van der Waals surface area contributed by atoms with Crippen molar-refractivity contribution in [3.63, 3.8) is 0 Å². The molecule has 0 aliphatic rings. The Bertz CT molecular complexity index is 813. The largest absolute Gasteiger partial charge is 0.384 e. The number of carbonyl (C=O) groups is 1. The van der Waals surface area contributed by atoms with Gasteiger partial charge in [0.25, 0.3) is 0 Å². The molecule has 118 valence electrons. The van der Waals surface area contributed by atoms with Gasteiger partial charge in [0.05, 0.1) is 6.54 Å². The molecule has 0 saturated heterocycles. The number of carbonyl (C=O) groups excluding carboxylic acids is 1. The molecule has 1 aromatic carbocycles. The summed E-state index contributed by atoms with van der Waals surface area (Å²) in [5, 5.41) is 23.6. The summed E-state index contributed by atoms with van der Waals surface area (Å²) >= 11 is 0. The highest BCUT2D eigenvalue weighted by Crippen LogP contribution is 2.18. The number of nitrogens with one attached hydrogen (secondary N) is 2. The highest BCUT2D eigenvalue weighted by atomic mass is 16.3. The molecule has 3 rings (SSSR count). The van der Waals surface area contributed by atoms with Crippen molar-refractivity contribution in [1.82, 2.24) is 19.9 Å². The zero-order chi connectivity index (χ0) is 16.3. The minimum atomic E-state index is -1.16. The van der Waals surface area contributed by atoms with E-state index < -0.39 is 11.6 Å². The molecule has 2 heterocycles. The Morgan fingerprint density at radius 1 is 1.17 bits per heavy atom. The first-order valence-electron chi connectivity index (χ1n) is 7.19. The van der Waals surface area contributed by atoms with Crippen LogP contribution in [0.5, 0.6) is 0 Å². The molecule has 3 aromatic rings. The Hall–Kier alpha value is -2.93. The van der Waals surface area contributed by atoms with Crippen molar-refractivity contribution in [3.8, 4) is 0 Å². The van der Waals surface area contributed by atoms with Crippen LogP contribution in [0.4, 0.5) is 10.7 Å². The van der Waals surface area contributed by atoms with E-state index in [0.29, 0.717) is 11.6 Å². The van der Waals surface area contributed by atoms with Gasteiger partial charge in [-0.05, 0) is 24.6 Å². The molecule has 23 heavy (non-hydrogen) atoms. The second kappa shape index (κ2) is 6.05. The molecule has 7 nitrogen and oxygen atoms in total. The minimum Gasteiger partial charge on any atom is -0.384 e. The highest BCUT2D eigenvalue weighted by Gasteiger charge is 2.23. The fourth-order valence-corrected chi connectivity index (χ4v) is 2.22. The standard InChI is InChI=1S/C16H17N5O2/c1-16(23,12-7-3-2-4-8-12)11-17-15(22)18-14-20-19-13-9-5-6-10-21(13)14/h2-10,23H,11H2,1H3,(H2,17,18,20,22). The van der Waals surface area contributed by atoms with Crippen LogP contribution in [0.3, 0.4) is 0 Å². The second-order valence-electron chi connectivity index (χ2n) is 5.40. The number of fused-ring (bicyclic) bond motifs is 1. The first kappa shape index (κ1) is 15.0. The summed E-state index contributed by atoms with van der Waals surface area (Å²) < 4.78 is 1.66. The molecule has 2 amide bonds. The van der Waals surface area contributed by atoms with E-state index >= 15 is 0 Å². The predicted molar refractivity (Wildman–Crippen MR) is 86.0 cm³/mol. The molecule has 0 saturated carbocycles. The number of pyridine rings is 1. The average molecular weight is 311 g/mol. The molecule has 3 N–H and O–H groups in total. The van der Waals surface area contributed by atoms with Crippen LogP contribution in [0.25, 0.3) is 5.65 Å². The molecule has 0 fully saturated rings. The Labute approximate surface area is 133 Å². The van der Waals surface area contributed by atoms with Crippen molar-refractivity contribution in [1.29, 1.82) is 0 Å². The number of hydrogen-bond acceptors (Lipinski definition) is 4. The first-order valence-corrected chi connectivity index (χ1v) is 7.19. The van der Waals surface area contributed by atoms with E-state index in [1.807, 2.05) is 42.5 Å². The molecule has 1 unspecified atom stereocenters. The van der Waals surface area contributed by atoms with E-state index in [1.165, 1.54) is 0 Å². The van der Waals surface area contributed by atoms with Crippen LogP contribution in [0, 0.1) is 0 Å². The highest BCUT2D eigenvalue weighted by molar-refractivity contribution is 5.87. The molecule has 0 spiro atoms. The number of nitrogens with zero attached hydrogens (tertiary/aromatic N) is 3. The summed E-state index contributed by atoms with van der Waals surface area (Å²) in [7, 11) is 0. The molecule has 0 bridgehead atoms. The first-order chi connectivity index (χ1) is 11.1. The lowest BCUT2D eigenvalue weighted by atomic mass is 9.96. The van der Waals surface area contributed by atoms with E-state index in [2.05, 4.69) is 20.8 Å². The van der Waals surface area contributed by atoms with Gasteiger partial charge >= 0.3 is 6.03 Å². The summed E-state index contributed by atoms with van der Waals surface area (Å²) in [6.07, 6.45) is 1.76. The number of aliphatic hydroxyl groups is 1. The monoisotopic (exact) mass is 311 g/mol. The molecule has 7 heteroatoms. The lowest BCUT2D eigenvalue weighted by Gasteiger charge is -2.24. The number of aromatic nitrogens is 3. The summed E-state index contributed by atoms with van der Waals surface area (Å²) in [6, 6.07) is 14.2. The summed E-state index contributed by atoms with van der Waals surface area (Å²) in [6.45, 7) is 1.72. The van der Waals surface area contributed by atoms with Gasteiger partial charge in [0.2, 0.25) is 5.95 Å². The lowest BCUT2D eigenvalue weighted by Crippen LogP contribution is -2.40. The fraction of sp³-hybridized carbons (Fsp3) is 0.188. The van der Waals surface area contributed by atoms with E-state index in [-0.39, 0.29) is 6.54 Å². The number of anilines is 1. The number of urea groups is 1. The Balaban J connectivity index is 1.64. The maximum absolute atomic E-state index is 12.0. The summed E-state index contributed by atoms with van der Waals surface area (Å²) in [5.74, 6) is 0.317. The van der Waals surface area contributed by atoms with Crippen molar-refractivity contribution in [2.45, 2.75) is 12.5 Å². The molecular formula is C16H17N5O2. The van der Waals surface area contributed by atoms with Crippen molar-refractivity contribution in [3.05, 3.63) is 60.3 Å². The van der Waals surface area contributed by atoms with Crippen LogP contribution in [0.15, 0.2) is 54.7 Å². The van der Waals surface area contributed by atoms with E-state index in [9.17, 15) is 9.90 Å². The topological polar surface area (TPSA) is 91.5 Å².